The summed E-state index contributed by atoms with van der Waals surface area (Å²) < 4.78 is 22.7. The topological polar surface area (TPSA) is 101 Å². The third-order valence-corrected chi connectivity index (χ3v) is 6.67. The van der Waals surface area contributed by atoms with Gasteiger partial charge in [0.1, 0.15) is 30.0 Å². The fraction of sp³-hybridized carbons (Fsp3) is 0.357. The van der Waals surface area contributed by atoms with E-state index in [-0.39, 0.29) is 13.2 Å². The highest BCUT2D eigenvalue weighted by molar-refractivity contribution is 9.10. The lowest BCUT2D eigenvalue weighted by Gasteiger charge is -2.37. The first-order valence-corrected chi connectivity index (χ1v) is 13.2. The molecule has 10 nitrogen and oxygen atoms in total. The van der Waals surface area contributed by atoms with Gasteiger partial charge in [0.15, 0.2) is 6.61 Å². The number of aliphatic hydroxyl groups is 1. The van der Waals surface area contributed by atoms with E-state index in [0.29, 0.717) is 28.6 Å². The number of aliphatic hydroxyl groups excluding tert-OH is 1. The molecule has 1 aliphatic rings. The predicted molar refractivity (Wildman–Crippen MR) is 153 cm³/mol. The Kier molecular flexibility index (Phi) is 10.1. The summed E-state index contributed by atoms with van der Waals surface area (Å²) in [5.74, 6) is 5.36. The van der Waals surface area contributed by atoms with Crippen molar-refractivity contribution < 1.29 is 24.1 Å². The van der Waals surface area contributed by atoms with E-state index in [0.717, 1.165) is 49.1 Å². The van der Waals surface area contributed by atoms with Crippen LogP contribution in [0.1, 0.15) is 0 Å². The first-order valence-electron chi connectivity index (χ1n) is 12.4. The number of halogens is 1. The third kappa shape index (κ3) is 7.89. The van der Waals surface area contributed by atoms with Crippen LogP contribution < -0.4 is 29.2 Å². The van der Waals surface area contributed by atoms with E-state index in [1.165, 1.54) is 0 Å². The van der Waals surface area contributed by atoms with Gasteiger partial charge in [0.05, 0.1) is 30.6 Å². The van der Waals surface area contributed by atoms with Crippen molar-refractivity contribution >= 4 is 33.3 Å². The molecule has 1 fully saturated rings. The number of terminal acetylenes is 1. The van der Waals surface area contributed by atoms with Crippen molar-refractivity contribution in [2.75, 3.05) is 70.4 Å². The molecular formula is C28H32BrN5O5. The molecule has 1 saturated heterocycles. The van der Waals surface area contributed by atoms with Crippen LogP contribution in [0.15, 0.2) is 53.1 Å². The molecule has 0 aliphatic carbocycles. The highest BCUT2D eigenvalue weighted by Gasteiger charge is 2.22. The smallest absolute Gasteiger partial charge is 0.233 e. The normalized spacial score (nSPS) is 14.3. The molecule has 2 aromatic carbocycles. The van der Waals surface area contributed by atoms with Crippen molar-refractivity contribution in [1.82, 2.24) is 14.9 Å². The van der Waals surface area contributed by atoms with Crippen LogP contribution in [0.2, 0.25) is 0 Å². The molecule has 39 heavy (non-hydrogen) atoms. The van der Waals surface area contributed by atoms with Crippen molar-refractivity contribution in [3.8, 4) is 35.5 Å². The van der Waals surface area contributed by atoms with Gasteiger partial charge >= 0.3 is 0 Å². The Bertz CT molecular complexity index is 1260. The quantitative estimate of drug-likeness (QED) is 0.301. The molecule has 3 aromatic rings. The summed E-state index contributed by atoms with van der Waals surface area (Å²) in [5, 5.41) is 13.7. The number of piperazine rings is 1. The zero-order valence-electron chi connectivity index (χ0n) is 22.0. The van der Waals surface area contributed by atoms with Gasteiger partial charge in [-0.25, -0.2) is 4.98 Å². The van der Waals surface area contributed by atoms with Crippen LogP contribution >= 0.6 is 15.9 Å². The number of anilines is 3. The van der Waals surface area contributed by atoms with Crippen LogP contribution in [0.5, 0.6) is 23.1 Å². The second-order valence-electron chi connectivity index (χ2n) is 8.78. The lowest BCUT2D eigenvalue weighted by Crippen LogP contribution is -2.49. The number of nitrogens with zero attached hydrogens (tertiary/aromatic N) is 4. The van der Waals surface area contributed by atoms with E-state index in [9.17, 15) is 5.11 Å². The molecule has 1 aliphatic heterocycles. The highest BCUT2D eigenvalue weighted by Crippen LogP contribution is 2.32. The molecule has 0 saturated carbocycles. The third-order valence-electron chi connectivity index (χ3n) is 6.13. The number of nitrogens with one attached hydrogen (secondary N) is 1. The van der Waals surface area contributed by atoms with E-state index in [1.54, 1.807) is 20.4 Å². The maximum Gasteiger partial charge on any atom is 0.233 e. The van der Waals surface area contributed by atoms with Crippen molar-refractivity contribution in [2.45, 2.75) is 6.10 Å². The summed E-state index contributed by atoms with van der Waals surface area (Å²) in [7, 11) is 3.31. The van der Waals surface area contributed by atoms with Gasteiger partial charge < -0.3 is 34.3 Å². The second kappa shape index (κ2) is 13.9. The fourth-order valence-electron chi connectivity index (χ4n) is 4.15. The van der Waals surface area contributed by atoms with Crippen molar-refractivity contribution in [2.24, 2.45) is 0 Å². The molecule has 4 rings (SSSR count). The number of methoxy groups -OCH3 is 2. The standard InChI is InChI=1S/C28H32BrN5O5/c1-4-15-38-27-24(29)17-30-28(32-27)31-20-5-7-22(8-6-20)39-19-21(35)18-33-11-13-34(14-12-33)25-10-9-23(36-2)16-26(25)37-3/h1,5-10,16-17,21,35H,11-15,18-19H2,2-3H3,(H,30,31,32). The molecule has 0 bridgehead atoms. The summed E-state index contributed by atoms with van der Waals surface area (Å²) in [5.41, 5.74) is 1.82. The number of aromatic nitrogens is 2. The van der Waals surface area contributed by atoms with Crippen LogP contribution in [-0.4, -0.2) is 86.2 Å². The number of ether oxygens (including phenoxy) is 4. The number of hydrogen-bond acceptors (Lipinski definition) is 10. The predicted octanol–water partition coefficient (Wildman–Crippen LogP) is 3.57. The minimum Gasteiger partial charge on any atom is -0.497 e. The van der Waals surface area contributed by atoms with Crippen molar-refractivity contribution in [3.05, 3.63) is 53.1 Å². The van der Waals surface area contributed by atoms with Gasteiger partial charge in [-0.3, -0.25) is 4.90 Å². The van der Waals surface area contributed by atoms with Crippen LogP contribution in [-0.2, 0) is 0 Å². The monoisotopic (exact) mass is 597 g/mol. The summed E-state index contributed by atoms with van der Waals surface area (Å²) in [6.07, 6.45) is 6.23. The Morgan fingerprint density at radius 3 is 2.49 bits per heavy atom. The number of benzene rings is 2. The Morgan fingerprint density at radius 2 is 1.79 bits per heavy atom. The van der Waals surface area contributed by atoms with E-state index < -0.39 is 6.10 Å². The highest BCUT2D eigenvalue weighted by atomic mass is 79.9. The largest absolute Gasteiger partial charge is 0.497 e. The Labute approximate surface area is 237 Å². The number of hydrogen-bond donors (Lipinski definition) is 2. The molecule has 2 heterocycles. The molecule has 2 N–H and O–H groups in total. The molecule has 11 heteroatoms. The Balaban J connectivity index is 1.21. The van der Waals surface area contributed by atoms with Crippen LogP contribution in [0.3, 0.4) is 0 Å². The van der Waals surface area contributed by atoms with Gasteiger partial charge in [0.2, 0.25) is 11.8 Å². The van der Waals surface area contributed by atoms with Gasteiger partial charge in [0, 0.05) is 44.5 Å². The van der Waals surface area contributed by atoms with Gasteiger partial charge in [-0.05, 0) is 52.3 Å². The van der Waals surface area contributed by atoms with E-state index in [2.05, 4.69) is 46.9 Å². The van der Waals surface area contributed by atoms with E-state index in [1.807, 2.05) is 42.5 Å². The van der Waals surface area contributed by atoms with E-state index >= 15 is 0 Å². The Morgan fingerprint density at radius 1 is 1.05 bits per heavy atom. The zero-order chi connectivity index (χ0) is 27.6. The van der Waals surface area contributed by atoms with Crippen LogP contribution in [0, 0.1) is 12.3 Å². The van der Waals surface area contributed by atoms with Crippen molar-refractivity contribution in [3.63, 3.8) is 0 Å². The number of β-amino-alcohol motifs (C(OH)–C–C–N with tert-alkyl or cyclic N) is 1. The molecule has 0 amide bonds. The summed E-state index contributed by atoms with van der Waals surface area (Å²) >= 11 is 3.34. The Hall–Kier alpha value is -3.72. The zero-order valence-corrected chi connectivity index (χ0v) is 23.6. The molecule has 206 valence electrons. The first kappa shape index (κ1) is 28.3. The summed E-state index contributed by atoms with van der Waals surface area (Å²) in [6, 6.07) is 13.2. The first-order chi connectivity index (χ1) is 19.0. The summed E-state index contributed by atoms with van der Waals surface area (Å²) in [6.45, 7) is 4.19. The molecule has 1 atom stereocenters. The SMILES string of the molecule is C#CCOc1nc(Nc2ccc(OCC(O)CN3CCN(c4ccc(OC)cc4OC)CC3)cc2)ncc1Br. The molecular weight excluding hydrogens is 566 g/mol. The number of rotatable bonds is 12. The molecule has 0 spiro atoms. The molecule has 1 unspecified atom stereocenters. The minimum atomic E-state index is -0.609. The van der Waals surface area contributed by atoms with Gasteiger partial charge in [0.25, 0.3) is 0 Å². The second-order valence-corrected chi connectivity index (χ2v) is 9.63. The maximum atomic E-state index is 10.6. The van der Waals surface area contributed by atoms with Gasteiger partial charge in [-0.1, -0.05) is 5.92 Å². The summed E-state index contributed by atoms with van der Waals surface area (Å²) in [4.78, 5) is 13.1. The van der Waals surface area contributed by atoms with Crippen LogP contribution in [0.4, 0.5) is 17.3 Å². The van der Waals surface area contributed by atoms with Crippen LogP contribution in [0.25, 0.3) is 0 Å². The minimum absolute atomic E-state index is 0.113. The maximum absolute atomic E-state index is 10.6. The van der Waals surface area contributed by atoms with Crippen molar-refractivity contribution in [1.29, 1.82) is 0 Å². The average molecular weight is 598 g/mol. The fourth-order valence-corrected chi connectivity index (χ4v) is 4.45. The lowest BCUT2D eigenvalue weighted by atomic mass is 10.2. The van der Waals surface area contributed by atoms with Gasteiger partial charge in [-0.2, -0.15) is 4.98 Å². The average Bonchev–Trinajstić information content (AvgIpc) is 2.97. The van der Waals surface area contributed by atoms with Gasteiger partial charge in [-0.15, -0.1) is 6.42 Å². The molecule has 1 aromatic heterocycles. The molecule has 0 radical (unpaired) electrons. The van der Waals surface area contributed by atoms with E-state index in [4.69, 9.17) is 25.4 Å². The lowest BCUT2D eigenvalue weighted by molar-refractivity contribution is 0.0663.